The first-order valence-electron chi connectivity index (χ1n) is 6.40. The number of hydrogen-bond acceptors (Lipinski definition) is 5. The molecule has 0 aliphatic carbocycles. The summed E-state index contributed by atoms with van der Waals surface area (Å²) in [6.07, 6.45) is -5.60. The van der Waals surface area contributed by atoms with Gasteiger partial charge in [-0.05, 0) is 18.6 Å². The molecule has 126 valence electrons. The van der Waals surface area contributed by atoms with Crippen LogP contribution in [-0.4, -0.2) is 36.3 Å². The lowest BCUT2D eigenvalue weighted by molar-refractivity contribution is -0.384. The maximum absolute atomic E-state index is 12.8. The van der Waals surface area contributed by atoms with Gasteiger partial charge in [-0.3, -0.25) is 14.9 Å². The van der Waals surface area contributed by atoms with Gasteiger partial charge in [0.15, 0.2) is 0 Å². The first-order valence-corrected chi connectivity index (χ1v) is 7.84. The number of carbonyl (C=O) groups is 1. The van der Waals surface area contributed by atoms with Gasteiger partial charge in [0.1, 0.15) is 0 Å². The molecular formula is C12H11F3N2O5S. The van der Waals surface area contributed by atoms with E-state index in [4.69, 9.17) is 0 Å². The van der Waals surface area contributed by atoms with E-state index in [1.165, 1.54) is 0 Å². The Morgan fingerprint density at radius 2 is 1.78 bits per heavy atom. The molecule has 11 heteroatoms. The predicted octanol–water partition coefficient (Wildman–Crippen LogP) is 2.08. The number of sulfonamides is 1. The number of hydrogen-bond donors (Lipinski definition) is 0. The molecule has 1 aromatic rings. The number of non-ortho nitro benzene ring substituents is 1. The second-order valence-electron chi connectivity index (χ2n) is 4.96. The van der Waals surface area contributed by atoms with Gasteiger partial charge in [0.05, 0.1) is 15.7 Å². The van der Waals surface area contributed by atoms with Crippen molar-refractivity contribution in [1.82, 2.24) is 4.31 Å². The standard InChI is InChI=1S/C12H11F3N2O5S/c13-12(14,15)8-1-6-11(18)16(7-8)23(21,22)10-4-2-9(3-5-10)17(19)20/h2-5,8H,1,6-7H2/t8-/m1/s1. The van der Waals surface area contributed by atoms with E-state index in [0.29, 0.717) is 0 Å². The summed E-state index contributed by atoms with van der Waals surface area (Å²) in [5.41, 5.74) is -0.373. The van der Waals surface area contributed by atoms with E-state index in [9.17, 15) is 36.5 Å². The van der Waals surface area contributed by atoms with E-state index >= 15 is 0 Å². The zero-order valence-corrected chi connectivity index (χ0v) is 12.3. The summed E-state index contributed by atoms with van der Waals surface area (Å²) in [6, 6.07) is 3.58. The zero-order chi connectivity index (χ0) is 17.4. The molecule has 1 saturated heterocycles. The normalized spacial score (nSPS) is 19.7. The molecule has 0 N–H and O–H groups in total. The highest BCUT2D eigenvalue weighted by Crippen LogP contribution is 2.35. The summed E-state index contributed by atoms with van der Waals surface area (Å²) in [4.78, 5) is 21.0. The Kier molecular flexibility index (Phi) is 4.33. The van der Waals surface area contributed by atoms with E-state index in [2.05, 4.69) is 0 Å². The smallest absolute Gasteiger partial charge is 0.274 e. The summed E-state index contributed by atoms with van der Waals surface area (Å²) in [7, 11) is -4.49. The lowest BCUT2D eigenvalue weighted by atomic mass is 9.99. The number of halogens is 3. The number of nitro groups is 1. The maximum Gasteiger partial charge on any atom is 0.393 e. The summed E-state index contributed by atoms with van der Waals surface area (Å²) in [5.74, 6) is -2.85. The van der Waals surface area contributed by atoms with Crippen LogP contribution in [0.3, 0.4) is 0 Å². The van der Waals surface area contributed by atoms with Crippen LogP contribution in [0.15, 0.2) is 29.2 Å². The van der Waals surface area contributed by atoms with Crippen molar-refractivity contribution in [2.45, 2.75) is 23.9 Å². The molecule has 1 aliphatic heterocycles. The number of benzene rings is 1. The quantitative estimate of drug-likeness (QED) is 0.613. The molecule has 0 radical (unpaired) electrons. The first-order chi connectivity index (χ1) is 10.5. The van der Waals surface area contributed by atoms with Crippen molar-refractivity contribution in [3.05, 3.63) is 34.4 Å². The van der Waals surface area contributed by atoms with E-state index in [0.717, 1.165) is 24.3 Å². The summed E-state index contributed by atoms with van der Waals surface area (Å²) in [6.45, 7) is -0.984. The number of rotatable bonds is 3. The van der Waals surface area contributed by atoms with Crippen LogP contribution in [-0.2, 0) is 14.8 Å². The molecule has 1 aliphatic rings. The molecule has 0 bridgehead atoms. The zero-order valence-electron chi connectivity index (χ0n) is 11.5. The number of nitro benzene ring substituents is 1. The van der Waals surface area contributed by atoms with Gasteiger partial charge in [0, 0.05) is 25.1 Å². The van der Waals surface area contributed by atoms with Crippen LogP contribution < -0.4 is 0 Å². The SMILES string of the molecule is O=C1CC[C@@H](C(F)(F)F)CN1S(=O)(=O)c1ccc([N+](=O)[O-])cc1. The van der Waals surface area contributed by atoms with E-state index in [1.54, 1.807) is 0 Å². The van der Waals surface area contributed by atoms with Crippen LogP contribution in [0.25, 0.3) is 0 Å². The van der Waals surface area contributed by atoms with Crippen molar-refractivity contribution in [3.8, 4) is 0 Å². The molecule has 1 amide bonds. The Balaban J connectivity index is 2.33. The highest BCUT2D eigenvalue weighted by Gasteiger charge is 2.46. The van der Waals surface area contributed by atoms with Gasteiger partial charge in [-0.1, -0.05) is 0 Å². The summed E-state index contributed by atoms with van der Waals surface area (Å²) < 4.78 is 63.1. The van der Waals surface area contributed by atoms with Gasteiger partial charge in [0.2, 0.25) is 5.91 Å². The van der Waals surface area contributed by atoms with Crippen LogP contribution in [0.4, 0.5) is 18.9 Å². The van der Waals surface area contributed by atoms with Crippen molar-refractivity contribution in [2.24, 2.45) is 5.92 Å². The van der Waals surface area contributed by atoms with Crippen LogP contribution in [0.1, 0.15) is 12.8 Å². The number of nitrogens with zero attached hydrogens (tertiary/aromatic N) is 2. The minimum atomic E-state index is -4.61. The van der Waals surface area contributed by atoms with Gasteiger partial charge >= 0.3 is 6.18 Å². The Bertz CT molecular complexity index is 730. The van der Waals surface area contributed by atoms with Crippen molar-refractivity contribution in [2.75, 3.05) is 6.54 Å². The third-order valence-corrected chi connectivity index (χ3v) is 5.27. The number of alkyl halides is 3. The molecule has 0 aromatic heterocycles. The molecule has 0 spiro atoms. The number of piperidine rings is 1. The van der Waals surface area contributed by atoms with Crippen LogP contribution in [0, 0.1) is 16.0 Å². The second kappa shape index (κ2) is 5.80. The van der Waals surface area contributed by atoms with E-state index in [-0.39, 0.29) is 9.99 Å². The van der Waals surface area contributed by atoms with E-state index < -0.39 is 57.2 Å². The third kappa shape index (κ3) is 3.44. The lowest BCUT2D eigenvalue weighted by Gasteiger charge is -2.32. The van der Waals surface area contributed by atoms with Gasteiger partial charge in [-0.15, -0.1) is 0 Å². The second-order valence-corrected chi connectivity index (χ2v) is 6.82. The van der Waals surface area contributed by atoms with Crippen molar-refractivity contribution in [3.63, 3.8) is 0 Å². The van der Waals surface area contributed by atoms with Crippen molar-refractivity contribution < 1.29 is 31.3 Å². The maximum atomic E-state index is 12.8. The van der Waals surface area contributed by atoms with Gasteiger partial charge in [-0.25, -0.2) is 12.7 Å². The summed E-state index contributed by atoms with van der Waals surface area (Å²) in [5, 5.41) is 10.5. The largest absolute Gasteiger partial charge is 0.393 e. The highest BCUT2D eigenvalue weighted by molar-refractivity contribution is 7.89. The molecule has 1 fully saturated rings. The van der Waals surface area contributed by atoms with Gasteiger partial charge in [0.25, 0.3) is 15.7 Å². The Morgan fingerprint density at radius 1 is 1.22 bits per heavy atom. The minimum Gasteiger partial charge on any atom is -0.274 e. The third-order valence-electron chi connectivity index (χ3n) is 3.47. The molecule has 1 atom stereocenters. The minimum absolute atomic E-state index is 0.190. The fourth-order valence-electron chi connectivity index (χ4n) is 2.18. The average Bonchev–Trinajstić information content (AvgIpc) is 2.46. The molecule has 0 saturated carbocycles. The Hall–Kier alpha value is -2.17. The molecule has 1 heterocycles. The van der Waals surface area contributed by atoms with E-state index in [1.807, 2.05) is 0 Å². The lowest BCUT2D eigenvalue weighted by Crippen LogP contribution is -2.47. The van der Waals surface area contributed by atoms with Gasteiger partial charge < -0.3 is 0 Å². The fraction of sp³-hybridized carbons (Fsp3) is 0.417. The Morgan fingerprint density at radius 3 is 2.26 bits per heavy atom. The number of carbonyl (C=O) groups excluding carboxylic acids is 1. The van der Waals surface area contributed by atoms with Crippen molar-refractivity contribution >= 4 is 21.6 Å². The average molecular weight is 352 g/mol. The number of amides is 1. The topological polar surface area (TPSA) is 97.6 Å². The van der Waals surface area contributed by atoms with Crippen LogP contribution in [0.5, 0.6) is 0 Å². The molecular weight excluding hydrogens is 341 g/mol. The predicted molar refractivity (Wildman–Crippen MR) is 70.8 cm³/mol. The van der Waals surface area contributed by atoms with Gasteiger partial charge in [-0.2, -0.15) is 13.2 Å². The molecule has 23 heavy (non-hydrogen) atoms. The Labute approximate surface area is 128 Å². The first kappa shape index (κ1) is 17.2. The van der Waals surface area contributed by atoms with Crippen molar-refractivity contribution in [1.29, 1.82) is 0 Å². The highest BCUT2D eigenvalue weighted by atomic mass is 32.2. The molecule has 2 rings (SSSR count). The summed E-state index contributed by atoms with van der Waals surface area (Å²) >= 11 is 0. The molecule has 1 aromatic carbocycles. The van der Waals surface area contributed by atoms with Crippen LogP contribution in [0.2, 0.25) is 0 Å². The monoisotopic (exact) mass is 352 g/mol. The molecule has 0 unspecified atom stereocenters. The molecule has 7 nitrogen and oxygen atoms in total. The van der Waals surface area contributed by atoms with Crippen LogP contribution >= 0.6 is 0 Å². The fourth-order valence-corrected chi connectivity index (χ4v) is 3.65.